The van der Waals surface area contributed by atoms with Crippen LogP contribution in [0, 0.1) is 0 Å². The molecule has 4 atom stereocenters. The number of imide groups is 2. The number of anilines is 1. The van der Waals surface area contributed by atoms with E-state index in [1.807, 2.05) is 0 Å². The number of benzene rings is 2. The molecule has 4 aliphatic rings. The number of fused-ring (bicyclic) bond motifs is 5. The van der Waals surface area contributed by atoms with Crippen molar-refractivity contribution >= 4 is 41.4 Å². The number of rotatable bonds is 25. The fourth-order valence-electron chi connectivity index (χ4n) is 8.70. The second kappa shape index (κ2) is 21.4. The van der Waals surface area contributed by atoms with Gasteiger partial charge in [-0.1, -0.05) is 101 Å². The molecule has 1 fully saturated rings. The summed E-state index contributed by atoms with van der Waals surface area (Å²) in [5, 5.41) is 0. The van der Waals surface area contributed by atoms with Gasteiger partial charge < -0.3 is 24.7 Å². The summed E-state index contributed by atoms with van der Waals surface area (Å²) in [4.78, 5) is 82.9. The Bertz CT molecular complexity index is 2040. The standard InChI is InChI=1S/C47H57N5O10/c48-37-27-30-52-46-41(62-47(52)49-37)40(61-39(54)26-14-10-6-2-4-8-12-20-29-51-44(57)34-23-17-18-24-35(34)45(51)58)36(60-46)31-59-38(53)25-13-9-5-1-3-7-11-19-28-50-42(55)32-21-15-16-22-33(32)43(50)56/h15-18,21-24,27,30,36,40-41,46,48H,1-14,19-20,25-26,28-29,31H2/p+1/t36-,40-,41-,46-/m1/s1. The van der Waals surface area contributed by atoms with Crippen LogP contribution in [0.25, 0.3) is 0 Å². The van der Waals surface area contributed by atoms with Crippen molar-refractivity contribution in [3.8, 4) is 6.01 Å². The molecule has 4 amide bonds. The molecule has 3 aromatic rings. The molecule has 0 saturated carbocycles. The molecule has 0 aliphatic carbocycles. The number of esters is 2. The van der Waals surface area contributed by atoms with Crippen LogP contribution in [0.1, 0.15) is 163 Å². The molecular formula is C47H58N5O10+. The van der Waals surface area contributed by atoms with Gasteiger partial charge in [-0.3, -0.25) is 38.6 Å². The maximum atomic E-state index is 13.1. The molecule has 0 spiro atoms. The van der Waals surface area contributed by atoms with Gasteiger partial charge in [-0.15, -0.1) is 0 Å². The van der Waals surface area contributed by atoms with Crippen LogP contribution >= 0.6 is 0 Å². The van der Waals surface area contributed by atoms with E-state index in [9.17, 15) is 28.8 Å². The fraction of sp³-hybridized carbons (Fsp3) is 0.532. The predicted molar refractivity (Wildman–Crippen MR) is 225 cm³/mol. The average molecular weight is 853 g/mol. The largest absolute Gasteiger partial charge is 0.503 e. The third-order valence-corrected chi connectivity index (χ3v) is 12.1. The van der Waals surface area contributed by atoms with Gasteiger partial charge in [-0.05, 0) is 49.9 Å². The Labute approximate surface area is 362 Å². The Morgan fingerprint density at radius 2 is 1.05 bits per heavy atom. The number of hydrogen-bond donors (Lipinski definition) is 1. The molecule has 4 aliphatic heterocycles. The van der Waals surface area contributed by atoms with Crippen molar-refractivity contribution in [1.82, 2.24) is 14.8 Å². The topological polar surface area (TPSA) is 189 Å². The van der Waals surface area contributed by atoms with Crippen molar-refractivity contribution in [2.75, 3.05) is 25.4 Å². The minimum absolute atomic E-state index is 0.0789. The van der Waals surface area contributed by atoms with Crippen LogP contribution in [-0.4, -0.2) is 88.4 Å². The van der Waals surface area contributed by atoms with E-state index < -0.39 is 24.5 Å². The number of nitrogen functional groups attached to an aromatic ring is 1. The zero-order chi connectivity index (χ0) is 43.4. The Balaban J connectivity index is 0.737. The summed E-state index contributed by atoms with van der Waals surface area (Å²) in [7, 11) is 0. The van der Waals surface area contributed by atoms with Gasteiger partial charge >= 0.3 is 17.9 Å². The highest BCUT2D eigenvalue weighted by molar-refractivity contribution is 6.22. The van der Waals surface area contributed by atoms with Crippen molar-refractivity contribution < 1.29 is 52.3 Å². The van der Waals surface area contributed by atoms with Gasteiger partial charge in [0.05, 0.1) is 22.3 Å². The molecule has 330 valence electrons. The van der Waals surface area contributed by atoms with E-state index in [1.165, 1.54) is 9.80 Å². The quantitative estimate of drug-likeness (QED) is 0.0413. The lowest BCUT2D eigenvalue weighted by Gasteiger charge is -2.21. The summed E-state index contributed by atoms with van der Waals surface area (Å²) in [6.07, 6.45) is 14.1. The zero-order valence-electron chi connectivity index (χ0n) is 35.4. The molecule has 15 heteroatoms. The summed E-state index contributed by atoms with van der Waals surface area (Å²) in [6.45, 7) is 0.795. The van der Waals surface area contributed by atoms with Gasteiger partial charge in [0.2, 0.25) is 18.1 Å². The van der Waals surface area contributed by atoms with Crippen LogP contribution in [0.2, 0.25) is 0 Å². The number of unbranched alkanes of at least 4 members (excludes halogenated alkanes) is 14. The molecule has 15 nitrogen and oxygen atoms in total. The molecule has 1 saturated heterocycles. The van der Waals surface area contributed by atoms with Gasteiger partial charge in [0, 0.05) is 37.0 Å². The number of carbonyl (C=O) groups is 6. The molecule has 0 unspecified atom stereocenters. The van der Waals surface area contributed by atoms with Crippen molar-refractivity contribution in [2.24, 2.45) is 0 Å². The number of nitrogens with zero attached hydrogens (tertiary/aromatic N) is 4. The number of carbonyl (C=O) groups excluding carboxylic acids is 6. The third kappa shape index (κ3) is 10.7. The van der Waals surface area contributed by atoms with Gasteiger partial charge in [-0.2, -0.15) is 4.57 Å². The van der Waals surface area contributed by atoms with Crippen molar-refractivity contribution in [3.63, 3.8) is 0 Å². The molecule has 2 aromatic carbocycles. The lowest BCUT2D eigenvalue weighted by Crippen LogP contribution is -2.41. The van der Waals surface area contributed by atoms with E-state index in [-0.39, 0.29) is 66.8 Å². The van der Waals surface area contributed by atoms with Crippen LogP contribution in [0.4, 0.5) is 5.82 Å². The SMILES string of the molecule is Nc1cc[n+]2c(n1)O[C@@H]1[C@H](OC(=O)CCCCCCCCCCN3C(=O)c4ccccc4C3=O)[C@@H](COC(=O)CCCCCCCCCCN3C(=O)c4ccccc4C3=O)O[C@H]12. The summed E-state index contributed by atoms with van der Waals surface area (Å²) < 4.78 is 25.6. The molecule has 0 radical (unpaired) electrons. The van der Waals surface area contributed by atoms with Crippen LogP contribution < -0.4 is 15.0 Å². The highest BCUT2D eigenvalue weighted by Gasteiger charge is 2.58. The summed E-state index contributed by atoms with van der Waals surface area (Å²) in [5.74, 6) is -1.24. The third-order valence-electron chi connectivity index (χ3n) is 12.1. The van der Waals surface area contributed by atoms with Gasteiger partial charge in [-0.25, -0.2) is 0 Å². The smallest absolute Gasteiger partial charge is 0.463 e. The normalized spacial score (nSPS) is 19.7. The van der Waals surface area contributed by atoms with E-state index >= 15 is 0 Å². The minimum Gasteiger partial charge on any atom is -0.463 e. The number of hydrogen-bond acceptors (Lipinski definition) is 12. The van der Waals surface area contributed by atoms with Crippen LogP contribution in [0.5, 0.6) is 6.01 Å². The first-order valence-corrected chi connectivity index (χ1v) is 22.5. The van der Waals surface area contributed by atoms with E-state index in [4.69, 9.17) is 24.7 Å². The zero-order valence-corrected chi connectivity index (χ0v) is 35.4. The first-order valence-electron chi connectivity index (χ1n) is 22.5. The van der Waals surface area contributed by atoms with Crippen LogP contribution in [-0.2, 0) is 23.8 Å². The summed E-state index contributed by atoms with van der Waals surface area (Å²) in [6, 6.07) is 15.8. The number of nitrogens with two attached hydrogens (primary N) is 1. The van der Waals surface area contributed by atoms with Gasteiger partial charge in [0.1, 0.15) is 18.9 Å². The Morgan fingerprint density at radius 1 is 0.613 bits per heavy atom. The second-order valence-electron chi connectivity index (χ2n) is 16.6. The van der Waals surface area contributed by atoms with E-state index in [0.29, 0.717) is 48.2 Å². The molecule has 1 aromatic heterocycles. The van der Waals surface area contributed by atoms with Gasteiger partial charge in [0.15, 0.2) is 6.10 Å². The number of aromatic nitrogens is 2. The van der Waals surface area contributed by atoms with E-state index in [1.54, 1.807) is 65.4 Å². The second-order valence-corrected chi connectivity index (χ2v) is 16.6. The molecule has 0 bridgehead atoms. The summed E-state index contributed by atoms with van der Waals surface area (Å²) >= 11 is 0. The Morgan fingerprint density at radius 3 is 1.53 bits per heavy atom. The Kier molecular flexibility index (Phi) is 15.3. The highest BCUT2D eigenvalue weighted by atomic mass is 16.7. The molecular weight excluding hydrogens is 795 g/mol. The monoisotopic (exact) mass is 852 g/mol. The minimum atomic E-state index is -0.809. The molecule has 62 heavy (non-hydrogen) atoms. The fourth-order valence-corrected chi connectivity index (χ4v) is 8.70. The van der Waals surface area contributed by atoms with Crippen molar-refractivity contribution in [2.45, 2.75) is 140 Å². The maximum absolute atomic E-state index is 13.1. The van der Waals surface area contributed by atoms with Crippen molar-refractivity contribution in [3.05, 3.63) is 83.0 Å². The van der Waals surface area contributed by atoms with Gasteiger partial charge in [0.25, 0.3) is 23.6 Å². The predicted octanol–water partition coefficient (Wildman–Crippen LogP) is 6.68. The first kappa shape index (κ1) is 44.4. The van der Waals surface area contributed by atoms with E-state index in [2.05, 4.69) is 4.98 Å². The molecule has 7 rings (SSSR count). The Hall–Kier alpha value is -5.70. The summed E-state index contributed by atoms with van der Waals surface area (Å²) in [5.41, 5.74) is 7.82. The first-order chi connectivity index (χ1) is 30.2. The molecule has 2 N–H and O–H groups in total. The van der Waals surface area contributed by atoms with Crippen molar-refractivity contribution in [1.29, 1.82) is 0 Å². The van der Waals surface area contributed by atoms with Crippen LogP contribution in [0.15, 0.2) is 60.8 Å². The average Bonchev–Trinajstić information content (AvgIpc) is 3.94. The number of ether oxygens (including phenoxy) is 4. The van der Waals surface area contributed by atoms with E-state index in [0.717, 1.165) is 89.9 Å². The lowest BCUT2D eigenvalue weighted by atomic mass is 10.1. The highest BCUT2D eigenvalue weighted by Crippen LogP contribution is 2.36. The maximum Gasteiger partial charge on any atom is 0.503 e. The van der Waals surface area contributed by atoms with Crippen LogP contribution in [0.3, 0.4) is 0 Å². The lowest BCUT2D eigenvalue weighted by molar-refractivity contribution is -0.746. The molecule has 5 heterocycles. The number of amides is 4.